The summed E-state index contributed by atoms with van der Waals surface area (Å²) in [6.45, 7) is 14.3. The summed E-state index contributed by atoms with van der Waals surface area (Å²) in [6, 6.07) is 5.26. The van der Waals surface area contributed by atoms with E-state index in [4.69, 9.17) is 4.74 Å². The van der Waals surface area contributed by atoms with Gasteiger partial charge in [-0.25, -0.2) is 9.18 Å². The molecule has 0 unspecified atom stereocenters. The Balaban J connectivity index is 1.92. The number of amides is 1. The molecule has 0 spiro atoms. The molecular weight excluding hydrogens is 385 g/mol. The fourth-order valence-electron chi connectivity index (χ4n) is 3.09. The summed E-state index contributed by atoms with van der Waals surface area (Å²) in [7, 11) is 1.71. The molecule has 1 amide bonds. The highest BCUT2D eigenvalue weighted by Crippen LogP contribution is 2.23. The number of piperazine rings is 1. The predicted molar refractivity (Wildman–Crippen MR) is 120 cm³/mol. The van der Waals surface area contributed by atoms with Crippen LogP contribution < -0.4 is 15.5 Å². The van der Waals surface area contributed by atoms with E-state index in [2.05, 4.69) is 36.4 Å². The van der Waals surface area contributed by atoms with Crippen LogP contribution in [-0.4, -0.2) is 61.3 Å². The Labute approximate surface area is 179 Å². The second-order valence-electron chi connectivity index (χ2n) is 9.54. The molecule has 7 nitrogen and oxygen atoms in total. The highest BCUT2D eigenvalue weighted by atomic mass is 19.1. The van der Waals surface area contributed by atoms with E-state index in [0.29, 0.717) is 44.4 Å². The first-order chi connectivity index (χ1) is 13.9. The van der Waals surface area contributed by atoms with Gasteiger partial charge < -0.3 is 25.2 Å². The zero-order chi connectivity index (χ0) is 22.5. The monoisotopic (exact) mass is 421 g/mol. The number of guanidine groups is 1. The van der Waals surface area contributed by atoms with Crippen LogP contribution in [0.2, 0.25) is 0 Å². The highest BCUT2D eigenvalue weighted by molar-refractivity contribution is 5.80. The molecule has 1 aliphatic heterocycles. The Morgan fingerprint density at radius 1 is 1.13 bits per heavy atom. The van der Waals surface area contributed by atoms with Gasteiger partial charge in [0.1, 0.15) is 11.4 Å². The van der Waals surface area contributed by atoms with Gasteiger partial charge in [-0.1, -0.05) is 6.07 Å². The number of halogens is 1. The first kappa shape index (κ1) is 23.8. The quantitative estimate of drug-likeness (QED) is 0.579. The second-order valence-corrected chi connectivity index (χ2v) is 9.54. The minimum absolute atomic E-state index is 0.113. The van der Waals surface area contributed by atoms with Crippen molar-refractivity contribution in [1.82, 2.24) is 15.5 Å². The normalized spacial score (nSPS) is 15.8. The molecule has 0 atom stereocenters. The van der Waals surface area contributed by atoms with Crippen LogP contribution in [0, 0.1) is 5.82 Å². The summed E-state index contributed by atoms with van der Waals surface area (Å²) < 4.78 is 20.2. The number of nitrogens with zero attached hydrogens (tertiary/aromatic N) is 3. The molecule has 1 aromatic rings. The lowest BCUT2D eigenvalue weighted by atomic mass is 10.1. The maximum absolute atomic E-state index is 14.8. The van der Waals surface area contributed by atoms with Gasteiger partial charge in [0, 0.05) is 45.3 Å². The summed E-state index contributed by atoms with van der Waals surface area (Å²) in [4.78, 5) is 20.0. The van der Waals surface area contributed by atoms with Gasteiger partial charge in [0.05, 0.1) is 5.69 Å². The number of hydrogen-bond acceptors (Lipinski definition) is 4. The SMILES string of the molecule is CN=C(NCc1ccc(N2CCN(C(=O)OC(C)(C)C)CC2)c(F)c1)NC(C)(C)C. The standard InChI is InChI=1S/C22H36FN5O2/c1-21(2,3)26-19(24-7)25-15-16-8-9-18(17(23)14-16)27-10-12-28(13-11-27)20(29)30-22(4,5)6/h8-9,14H,10-13,15H2,1-7H3,(H2,24,25,26). The van der Waals surface area contributed by atoms with E-state index in [9.17, 15) is 9.18 Å². The molecule has 1 saturated heterocycles. The van der Waals surface area contributed by atoms with Crippen LogP contribution in [0.1, 0.15) is 47.1 Å². The predicted octanol–water partition coefficient (Wildman–Crippen LogP) is 3.35. The van der Waals surface area contributed by atoms with E-state index in [1.807, 2.05) is 31.7 Å². The number of hydrogen-bond donors (Lipinski definition) is 2. The number of carbonyl (C=O) groups is 1. The topological polar surface area (TPSA) is 69.2 Å². The maximum Gasteiger partial charge on any atom is 0.410 e. The molecule has 1 heterocycles. The third-order valence-corrected chi connectivity index (χ3v) is 4.46. The lowest BCUT2D eigenvalue weighted by molar-refractivity contribution is 0.0240. The Morgan fingerprint density at radius 3 is 2.27 bits per heavy atom. The van der Waals surface area contributed by atoms with Crippen molar-refractivity contribution >= 4 is 17.7 Å². The molecule has 0 aliphatic carbocycles. The molecule has 0 radical (unpaired) electrons. The molecule has 2 rings (SSSR count). The fraction of sp³-hybridized carbons (Fsp3) is 0.636. The number of aliphatic imine (C=N–C) groups is 1. The van der Waals surface area contributed by atoms with Gasteiger partial charge in [-0.05, 0) is 59.2 Å². The van der Waals surface area contributed by atoms with E-state index in [1.165, 1.54) is 0 Å². The van der Waals surface area contributed by atoms with Crippen molar-refractivity contribution in [2.24, 2.45) is 4.99 Å². The van der Waals surface area contributed by atoms with Crippen molar-refractivity contribution < 1.29 is 13.9 Å². The minimum atomic E-state index is -0.519. The largest absolute Gasteiger partial charge is 0.444 e. The van der Waals surface area contributed by atoms with Crippen LogP contribution in [0.4, 0.5) is 14.9 Å². The molecule has 1 aromatic carbocycles. The lowest BCUT2D eigenvalue weighted by Crippen LogP contribution is -2.50. The first-order valence-corrected chi connectivity index (χ1v) is 10.4. The van der Waals surface area contributed by atoms with E-state index in [0.717, 1.165) is 5.56 Å². The number of benzene rings is 1. The number of anilines is 1. The van der Waals surface area contributed by atoms with Crippen molar-refractivity contribution in [3.63, 3.8) is 0 Å². The maximum atomic E-state index is 14.8. The number of carbonyl (C=O) groups excluding carboxylic acids is 1. The van der Waals surface area contributed by atoms with Crippen LogP contribution in [0.25, 0.3) is 0 Å². The zero-order valence-corrected chi connectivity index (χ0v) is 19.3. The number of nitrogens with one attached hydrogen (secondary N) is 2. The van der Waals surface area contributed by atoms with Crippen LogP contribution in [-0.2, 0) is 11.3 Å². The Kier molecular flexibility index (Phi) is 7.55. The highest BCUT2D eigenvalue weighted by Gasteiger charge is 2.26. The van der Waals surface area contributed by atoms with Crippen molar-refractivity contribution in [3.05, 3.63) is 29.6 Å². The van der Waals surface area contributed by atoms with Crippen LogP contribution in [0.3, 0.4) is 0 Å². The second kappa shape index (κ2) is 9.53. The molecular formula is C22H36FN5O2. The lowest BCUT2D eigenvalue weighted by Gasteiger charge is -2.36. The first-order valence-electron chi connectivity index (χ1n) is 10.4. The molecule has 1 aliphatic rings. The van der Waals surface area contributed by atoms with Crippen molar-refractivity contribution in [1.29, 1.82) is 0 Å². The minimum Gasteiger partial charge on any atom is -0.444 e. The third-order valence-electron chi connectivity index (χ3n) is 4.46. The molecule has 8 heteroatoms. The van der Waals surface area contributed by atoms with E-state index in [-0.39, 0.29) is 17.4 Å². The summed E-state index contributed by atoms with van der Waals surface area (Å²) in [5, 5.41) is 6.48. The van der Waals surface area contributed by atoms with Gasteiger partial charge in [0.15, 0.2) is 5.96 Å². The molecule has 168 valence electrons. The van der Waals surface area contributed by atoms with Gasteiger partial charge in [0.25, 0.3) is 0 Å². The fourth-order valence-corrected chi connectivity index (χ4v) is 3.09. The molecule has 1 fully saturated rings. The van der Waals surface area contributed by atoms with E-state index in [1.54, 1.807) is 24.1 Å². The molecule has 0 aromatic heterocycles. The smallest absolute Gasteiger partial charge is 0.410 e. The molecule has 0 saturated carbocycles. The zero-order valence-electron chi connectivity index (χ0n) is 19.3. The Bertz CT molecular complexity index is 760. The van der Waals surface area contributed by atoms with Crippen LogP contribution >= 0.6 is 0 Å². The van der Waals surface area contributed by atoms with E-state index < -0.39 is 5.60 Å². The van der Waals surface area contributed by atoms with Crippen molar-refractivity contribution in [2.45, 2.75) is 59.2 Å². The molecule has 30 heavy (non-hydrogen) atoms. The number of ether oxygens (including phenoxy) is 1. The summed E-state index contributed by atoms with van der Waals surface area (Å²) in [6.07, 6.45) is -0.318. The van der Waals surface area contributed by atoms with Crippen LogP contribution in [0.5, 0.6) is 0 Å². The van der Waals surface area contributed by atoms with Gasteiger partial charge in [-0.3, -0.25) is 4.99 Å². The summed E-state index contributed by atoms with van der Waals surface area (Å²) in [5.41, 5.74) is 0.758. The average molecular weight is 422 g/mol. The van der Waals surface area contributed by atoms with Gasteiger partial charge in [-0.2, -0.15) is 0 Å². The van der Waals surface area contributed by atoms with Gasteiger partial charge in [-0.15, -0.1) is 0 Å². The molecule has 2 N–H and O–H groups in total. The number of rotatable bonds is 3. The molecule has 0 bridgehead atoms. The average Bonchev–Trinajstić information content (AvgIpc) is 2.63. The van der Waals surface area contributed by atoms with Crippen LogP contribution in [0.15, 0.2) is 23.2 Å². The third kappa shape index (κ3) is 7.39. The Hall–Kier alpha value is -2.51. The van der Waals surface area contributed by atoms with Crippen molar-refractivity contribution in [2.75, 3.05) is 38.1 Å². The van der Waals surface area contributed by atoms with Gasteiger partial charge >= 0.3 is 6.09 Å². The summed E-state index contributed by atoms with van der Waals surface area (Å²) >= 11 is 0. The van der Waals surface area contributed by atoms with Gasteiger partial charge in [0.2, 0.25) is 0 Å². The summed E-state index contributed by atoms with van der Waals surface area (Å²) in [5.74, 6) is 0.407. The van der Waals surface area contributed by atoms with E-state index >= 15 is 0 Å². The van der Waals surface area contributed by atoms with Crippen molar-refractivity contribution in [3.8, 4) is 0 Å². The Morgan fingerprint density at radius 2 is 1.77 bits per heavy atom.